The molecule has 0 atom stereocenters. The lowest BCUT2D eigenvalue weighted by molar-refractivity contribution is 0.221. The molecule has 0 heterocycles. The van der Waals surface area contributed by atoms with E-state index in [0.29, 0.717) is 0 Å². The third-order valence-corrected chi connectivity index (χ3v) is 7.53. The van der Waals surface area contributed by atoms with Crippen LogP contribution >= 0.6 is 0 Å². The van der Waals surface area contributed by atoms with Crippen LogP contribution < -0.4 is 4.74 Å². The Kier molecular flexibility index (Phi) is 10.6. The Morgan fingerprint density at radius 3 is 1.94 bits per heavy atom. The highest BCUT2D eigenvalue weighted by molar-refractivity contribution is 5.40. The number of hydrogen-bond donors (Lipinski definition) is 0. The molecule has 170 valence electrons. The van der Waals surface area contributed by atoms with Crippen molar-refractivity contribution in [3.63, 3.8) is 0 Å². The van der Waals surface area contributed by atoms with E-state index in [-0.39, 0.29) is 0 Å². The highest BCUT2D eigenvalue weighted by Crippen LogP contribution is 2.37. The summed E-state index contributed by atoms with van der Waals surface area (Å²) < 4.78 is 5.63. The summed E-state index contributed by atoms with van der Waals surface area (Å²) in [5, 5.41) is 0. The smallest absolute Gasteiger partial charge is 0.119 e. The summed E-state index contributed by atoms with van der Waals surface area (Å²) in [5.74, 6) is 11.2. The van der Waals surface area contributed by atoms with Crippen LogP contribution in [0, 0.1) is 35.5 Å². The zero-order chi connectivity index (χ0) is 21.7. The predicted molar refractivity (Wildman–Crippen MR) is 133 cm³/mol. The molecule has 0 unspecified atom stereocenters. The Balaban J connectivity index is 1.30. The molecule has 0 aromatic heterocycles. The summed E-state index contributed by atoms with van der Waals surface area (Å²) in [7, 11) is 0. The molecule has 3 rings (SSSR count). The van der Waals surface area contributed by atoms with E-state index in [1.165, 1.54) is 77.0 Å². The molecule has 31 heavy (non-hydrogen) atoms. The van der Waals surface area contributed by atoms with Gasteiger partial charge in [-0.2, -0.15) is 0 Å². The third-order valence-electron chi connectivity index (χ3n) is 7.53. The average molecular weight is 421 g/mol. The molecule has 0 N–H and O–H groups in total. The fourth-order valence-corrected chi connectivity index (χ4v) is 5.52. The molecular weight excluding hydrogens is 376 g/mol. The molecule has 2 fully saturated rings. The van der Waals surface area contributed by atoms with E-state index >= 15 is 0 Å². The third kappa shape index (κ3) is 8.76. The second-order valence-corrected chi connectivity index (χ2v) is 10.0. The van der Waals surface area contributed by atoms with Crippen molar-refractivity contribution in [1.82, 2.24) is 0 Å². The van der Waals surface area contributed by atoms with Crippen LogP contribution in [0.4, 0.5) is 0 Å². The standard InChI is InChI=1S/C30H44O/c1-3-7-25-10-14-28(15-11-25)18-19-29-16-12-26(13-17-29)8-5-6-9-27-20-22-30(23-21-27)31-24-4-2/h5,8,20-23,25-26,28-29H,3-4,7,10-19,24H2,1-2H3/t25-,26-,28-,29-. The molecule has 2 aliphatic rings. The molecule has 0 radical (unpaired) electrons. The molecule has 2 saturated carbocycles. The maximum Gasteiger partial charge on any atom is 0.119 e. The van der Waals surface area contributed by atoms with Gasteiger partial charge in [-0.05, 0) is 86.1 Å². The van der Waals surface area contributed by atoms with Crippen molar-refractivity contribution in [3.8, 4) is 17.6 Å². The van der Waals surface area contributed by atoms with Crippen LogP contribution in [0.5, 0.6) is 5.75 Å². The summed E-state index contributed by atoms with van der Waals surface area (Å²) in [5.41, 5.74) is 1.06. The van der Waals surface area contributed by atoms with E-state index in [2.05, 4.69) is 37.8 Å². The number of benzene rings is 1. The highest BCUT2D eigenvalue weighted by Gasteiger charge is 2.23. The monoisotopic (exact) mass is 420 g/mol. The average Bonchev–Trinajstić information content (AvgIpc) is 2.82. The molecule has 0 saturated heterocycles. The Morgan fingerprint density at radius 2 is 1.35 bits per heavy atom. The Hall–Kier alpha value is -1.68. The maximum absolute atomic E-state index is 5.63. The van der Waals surface area contributed by atoms with Crippen molar-refractivity contribution >= 4 is 0 Å². The molecule has 2 aliphatic carbocycles. The molecular formula is C30H44O. The topological polar surface area (TPSA) is 9.23 Å². The van der Waals surface area contributed by atoms with Crippen LogP contribution in [-0.2, 0) is 0 Å². The van der Waals surface area contributed by atoms with Crippen LogP contribution in [0.1, 0.15) is 103 Å². The van der Waals surface area contributed by atoms with Gasteiger partial charge < -0.3 is 4.74 Å². The van der Waals surface area contributed by atoms with Gasteiger partial charge in [0.1, 0.15) is 5.75 Å². The second-order valence-electron chi connectivity index (χ2n) is 10.0. The maximum atomic E-state index is 5.63. The van der Waals surface area contributed by atoms with Gasteiger partial charge in [0.05, 0.1) is 6.61 Å². The number of allylic oxidation sites excluding steroid dienone is 2. The first-order valence-electron chi connectivity index (χ1n) is 13.2. The van der Waals surface area contributed by atoms with Gasteiger partial charge in [-0.25, -0.2) is 0 Å². The van der Waals surface area contributed by atoms with E-state index in [1.54, 1.807) is 0 Å². The molecule has 0 spiro atoms. The fourth-order valence-electron chi connectivity index (χ4n) is 5.52. The van der Waals surface area contributed by atoms with Gasteiger partial charge in [0.15, 0.2) is 0 Å². The Morgan fingerprint density at radius 1 is 0.774 bits per heavy atom. The van der Waals surface area contributed by atoms with Gasteiger partial charge >= 0.3 is 0 Å². The number of hydrogen-bond acceptors (Lipinski definition) is 1. The quantitative estimate of drug-likeness (QED) is 0.363. The number of ether oxygens (including phenoxy) is 1. The van der Waals surface area contributed by atoms with Crippen LogP contribution in [0.25, 0.3) is 0 Å². The van der Waals surface area contributed by atoms with Crippen molar-refractivity contribution in [2.45, 2.75) is 97.3 Å². The van der Waals surface area contributed by atoms with Crippen molar-refractivity contribution in [2.24, 2.45) is 23.7 Å². The summed E-state index contributed by atoms with van der Waals surface area (Å²) in [4.78, 5) is 0. The van der Waals surface area contributed by atoms with E-state index in [0.717, 1.165) is 48.0 Å². The van der Waals surface area contributed by atoms with Gasteiger partial charge in [-0.3, -0.25) is 0 Å². The Labute approximate surface area is 192 Å². The minimum Gasteiger partial charge on any atom is -0.494 e. The minimum absolute atomic E-state index is 0.736. The zero-order valence-corrected chi connectivity index (χ0v) is 20.1. The van der Waals surface area contributed by atoms with Crippen molar-refractivity contribution < 1.29 is 4.74 Å². The highest BCUT2D eigenvalue weighted by atomic mass is 16.5. The molecule has 0 bridgehead atoms. The fraction of sp³-hybridized carbons (Fsp3) is 0.667. The van der Waals surface area contributed by atoms with Gasteiger partial charge in [-0.15, -0.1) is 0 Å². The van der Waals surface area contributed by atoms with Crippen molar-refractivity contribution in [1.29, 1.82) is 0 Å². The van der Waals surface area contributed by atoms with Crippen LogP contribution in [-0.4, -0.2) is 6.61 Å². The van der Waals surface area contributed by atoms with E-state index in [1.807, 2.05) is 24.3 Å². The molecule has 1 heteroatoms. The molecule has 1 aromatic carbocycles. The summed E-state index contributed by atoms with van der Waals surface area (Å²) in [6.45, 7) is 5.24. The van der Waals surface area contributed by atoms with Crippen molar-refractivity contribution in [2.75, 3.05) is 6.61 Å². The van der Waals surface area contributed by atoms with E-state index < -0.39 is 0 Å². The van der Waals surface area contributed by atoms with Crippen molar-refractivity contribution in [3.05, 3.63) is 42.0 Å². The normalized spacial score (nSPS) is 26.4. The molecule has 1 nitrogen and oxygen atoms in total. The first-order chi connectivity index (χ1) is 15.3. The minimum atomic E-state index is 0.736. The van der Waals surface area contributed by atoms with Crippen LogP contribution in [0.15, 0.2) is 36.4 Å². The van der Waals surface area contributed by atoms with Gasteiger partial charge in [0, 0.05) is 5.56 Å². The van der Waals surface area contributed by atoms with Crippen LogP contribution in [0.2, 0.25) is 0 Å². The predicted octanol–water partition coefficient (Wildman–Crippen LogP) is 8.58. The molecule has 0 aliphatic heterocycles. The second kappa shape index (κ2) is 13.7. The zero-order valence-electron chi connectivity index (χ0n) is 20.1. The lowest BCUT2D eigenvalue weighted by Gasteiger charge is -2.31. The Bertz CT molecular complexity index is 688. The summed E-state index contributed by atoms with van der Waals surface area (Å²) >= 11 is 0. The first-order valence-corrected chi connectivity index (χ1v) is 13.2. The number of rotatable bonds is 9. The lowest BCUT2D eigenvalue weighted by atomic mass is 9.75. The van der Waals surface area contributed by atoms with Crippen LogP contribution in [0.3, 0.4) is 0 Å². The first kappa shape index (κ1) is 24.0. The molecule has 0 amide bonds. The largest absolute Gasteiger partial charge is 0.494 e. The summed E-state index contributed by atoms with van der Waals surface area (Å²) in [6.07, 6.45) is 22.9. The SMILES string of the molecule is CCCOc1ccc(C#CC=C[C@H]2CC[C@H](CC[C@H]3CC[C@H](CCC)CC3)CC2)cc1. The lowest BCUT2D eigenvalue weighted by Crippen LogP contribution is -2.17. The summed E-state index contributed by atoms with van der Waals surface area (Å²) in [6, 6.07) is 8.13. The van der Waals surface area contributed by atoms with Gasteiger partial charge in [0.25, 0.3) is 0 Å². The van der Waals surface area contributed by atoms with E-state index in [4.69, 9.17) is 4.74 Å². The van der Waals surface area contributed by atoms with E-state index in [9.17, 15) is 0 Å². The molecule has 1 aromatic rings. The van der Waals surface area contributed by atoms with Gasteiger partial charge in [0.2, 0.25) is 0 Å². The van der Waals surface area contributed by atoms with Gasteiger partial charge in [-0.1, -0.05) is 83.1 Å².